The third kappa shape index (κ3) is 3.96. The van der Waals surface area contributed by atoms with E-state index in [1.54, 1.807) is 0 Å². The highest BCUT2D eigenvalue weighted by Gasteiger charge is 2.20. The fraction of sp³-hybridized carbons (Fsp3) is 0.500. The van der Waals surface area contributed by atoms with Gasteiger partial charge in [-0.25, -0.2) is 4.98 Å². The highest BCUT2D eigenvalue weighted by atomic mass is 16.5. The van der Waals surface area contributed by atoms with E-state index in [-0.39, 0.29) is 0 Å². The minimum absolute atomic E-state index is 0.377. The Morgan fingerprint density at radius 1 is 1.27 bits per heavy atom. The van der Waals surface area contributed by atoms with Crippen LogP contribution in [0.3, 0.4) is 0 Å². The zero-order valence-electron chi connectivity index (χ0n) is 13.3. The average Bonchev–Trinajstić information content (AvgIpc) is 3.20. The molecule has 2 aromatic rings. The zero-order chi connectivity index (χ0) is 15.2. The van der Waals surface area contributed by atoms with Crippen molar-refractivity contribution in [2.75, 3.05) is 13.2 Å². The van der Waals surface area contributed by atoms with Gasteiger partial charge in [-0.05, 0) is 25.3 Å². The first kappa shape index (κ1) is 15.3. The van der Waals surface area contributed by atoms with Crippen molar-refractivity contribution in [3.05, 3.63) is 54.1 Å². The Bertz CT molecular complexity index is 561. The normalized spacial score (nSPS) is 18.2. The Balaban J connectivity index is 1.70. The Morgan fingerprint density at radius 3 is 2.86 bits per heavy atom. The van der Waals surface area contributed by atoms with Crippen LogP contribution in [0.2, 0.25) is 0 Å². The molecule has 0 radical (unpaired) electrons. The molecule has 1 unspecified atom stereocenters. The highest BCUT2D eigenvalue weighted by molar-refractivity contribution is 5.14. The molecule has 1 atom stereocenters. The second kappa shape index (κ2) is 7.56. The molecule has 0 amide bonds. The van der Waals surface area contributed by atoms with Crippen LogP contribution in [0.4, 0.5) is 0 Å². The monoisotopic (exact) mass is 299 g/mol. The van der Waals surface area contributed by atoms with Crippen molar-refractivity contribution in [1.29, 1.82) is 0 Å². The maximum atomic E-state index is 5.83. The van der Waals surface area contributed by atoms with E-state index in [0.717, 1.165) is 32.8 Å². The van der Waals surface area contributed by atoms with Gasteiger partial charge in [0, 0.05) is 39.0 Å². The zero-order valence-corrected chi connectivity index (χ0v) is 13.3. The SMILES string of the molecule is CCn1cncc1CN(Cc1ccccc1)CC1CCCO1. The van der Waals surface area contributed by atoms with Crippen LogP contribution in [-0.2, 0) is 24.4 Å². The molecule has 4 heteroatoms. The fourth-order valence-electron chi connectivity index (χ4n) is 3.10. The predicted octanol–water partition coefficient (Wildman–Crippen LogP) is 3.08. The first-order valence-corrected chi connectivity index (χ1v) is 8.22. The van der Waals surface area contributed by atoms with Crippen molar-refractivity contribution in [1.82, 2.24) is 14.5 Å². The largest absolute Gasteiger partial charge is 0.377 e. The van der Waals surface area contributed by atoms with Gasteiger partial charge in [-0.1, -0.05) is 30.3 Å². The number of ether oxygens (including phenoxy) is 1. The summed E-state index contributed by atoms with van der Waals surface area (Å²) in [5.41, 5.74) is 2.62. The van der Waals surface area contributed by atoms with Crippen LogP contribution in [0.15, 0.2) is 42.9 Å². The molecule has 1 saturated heterocycles. The van der Waals surface area contributed by atoms with Gasteiger partial charge in [0.05, 0.1) is 18.1 Å². The third-order valence-electron chi connectivity index (χ3n) is 4.26. The molecule has 1 aromatic carbocycles. The van der Waals surface area contributed by atoms with E-state index >= 15 is 0 Å². The minimum atomic E-state index is 0.377. The molecule has 1 fully saturated rings. The lowest BCUT2D eigenvalue weighted by Gasteiger charge is -2.25. The third-order valence-corrected chi connectivity index (χ3v) is 4.26. The van der Waals surface area contributed by atoms with Crippen LogP contribution >= 0.6 is 0 Å². The maximum absolute atomic E-state index is 5.83. The van der Waals surface area contributed by atoms with Gasteiger partial charge in [0.1, 0.15) is 0 Å². The van der Waals surface area contributed by atoms with Gasteiger partial charge in [0.2, 0.25) is 0 Å². The Kier molecular flexibility index (Phi) is 5.24. The molecule has 1 aliphatic heterocycles. The lowest BCUT2D eigenvalue weighted by molar-refractivity contribution is 0.0671. The molecule has 1 aromatic heterocycles. The molecule has 22 heavy (non-hydrogen) atoms. The summed E-state index contributed by atoms with van der Waals surface area (Å²) in [5, 5.41) is 0. The highest BCUT2D eigenvalue weighted by Crippen LogP contribution is 2.17. The summed E-state index contributed by atoms with van der Waals surface area (Å²) in [4.78, 5) is 6.77. The topological polar surface area (TPSA) is 30.3 Å². The first-order valence-electron chi connectivity index (χ1n) is 8.22. The molecule has 2 heterocycles. The number of aromatic nitrogens is 2. The summed E-state index contributed by atoms with van der Waals surface area (Å²) >= 11 is 0. The number of hydrogen-bond donors (Lipinski definition) is 0. The first-order chi connectivity index (χ1) is 10.8. The molecule has 0 bridgehead atoms. The summed E-state index contributed by atoms with van der Waals surface area (Å²) in [7, 11) is 0. The number of hydrogen-bond acceptors (Lipinski definition) is 3. The number of imidazole rings is 1. The summed E-state index contributed by atoms with van der Waals surface area (Å²) in [6.45, 7) is 6.90. The van der Waals surface area contributed by atoms with Gasteiger partial charge in [0.15, 0.2) is 0 Å². The summed E-state index contributed by atoms with van der Waals surface area (Å²) in [5.74, 6) is 0. The van der Waals surface area contributed by atoms with Crippen molar-refractivity contribution < 1.29 is 4.74 Å². The molecule has 118 valence electrons. The molecule has 0 spiro atoms. The van der Waals surface area contributed by atoms with Gasteiger partial charge in [-0.3, -0.25) is 4.90 Å². The van der Waals surface area contributed by atoms with Gasteiger partial charge >= 0.3 is 0 Å². The van der Waals surface area contributed by atoms with Crippen LogP contribution in [0, 0.1) is 0 Å². The van der Waals surface area contributed by atoms with Gasteiger partial charge in [0.25, 0.3) is 0 Å². The average molecular weight is 299 g/mol. The molecule has 0 N–H and O–H groups in total. The van der Waals surface area contributed by atoms with Gasteiger partial charge in [-0.2, -0.15) is 0 Å². The van der Waals surface area contributed by atoms with E-state index in [1.165, 1.54) is 24.1 Å². The molecular formula is C18H25N3O. The van der Waals surface area contributed by atoms with Gasteiger partial charge < -0.3 is 9.30 Å². The van der Waals surface area contributed by atoms with Crippen molar-refractivity contribution in [2.45, 2.75) is 45.5 Å². The van der Waals surface area contributed by atoms with E-state index in [9.17, 15) is 0 Å². The maximum Gasteiger partial charge on any atom is 0.0948 e. The molecular weight excluding hydrogens is 274 g/mol. The predicted molar refractivity (Wildman–Crippen MR) is 87.4 cm³/mol. The van der Waals surface area contributed by atoms with Crippen LogP contribution in [0.25, 0.3) is 0 Å². The lowest BCUT2D eigenvalue weighted by atomic mass is 10.1. The second-order valence-corrected chi connectivity index (χ2v) is 5.96. The van der Waals surface area contributed by atoms with E-state index in [2.05, 4.69) is 51.7 Å². The number of benzene rings is 1. The van der Waals surface area contributed by atoms with Crippen molar-refractivity contribution in [3.8, 4) is 0 Å². The Hall–Kier alpha value is -1.65. The van der Waals surface area contributed by atoms with Crippen molar-refractivity contribution >= 4 is 0 Å². The van der Waals surface area contributed by atoms with Crippen molar-refractivity contribution in [3.63, 3.8) is 0 Å². The quantitative estimate of drug-likeness (QED) is 0.787. The van der Waals surface area contributed by atoms with Crippen LogP contribution in [0.5, 0.6) is 0 Å². The standard InChI is InChI=1S/C18H25N3O/c1-2-21-15-19-11-17(21)13-20(14-18-9-6-10-22-18)12-16-7-4-3-5-8-16/h3-5,7-8,11,15,18H,2,6,9-10,12-14H2,1H3. The molecule has 0 saturated carbocycles. The smallest absolute Gasteiger partial charge is 0.0948 e. The summed E-state index contributed by atoms with van der Waals surface area (Å²) in [6.07, 6.45) is 6.65. The molecule has 1 aliphatic rings. The Labute approximate surface area is 132 Å². The number of aryl methyl sites for hydroxylation is 1. The number of nitrogens with zero attached hydrogens (tertiary/aromatic N) is 3. The van der Waals surface area contributed by atoms with Gasteiger partial charge in [-0.15, -0.1) is 0 Å². The molecule has 4 nitrogen and oxygen atoms in total. The fourth-order valence-corrected chi connectivity index (χ4v) is 3.10. The van der Waals surface area contributed by atoms with Crippen LogP contribution in [0.1, 0.15) is 31.0 Å². The minimum Gasteiger partial charge on any atom is -0.377 e. The van der Waals surface area contributed by atoms with Crippen LogP contribution in [-0.4, -0.2) is 33.7 Å². The lowest BCUT2D eigenvalue weighted by Crippen LogP contribution is -2.32. The van der Waals surface area contributed by atoms with Crippen LogP contribution < -0.4 is 0 Å². The number of rotatable bonds is 7. The van der Waals surface area contributed by atoms with E-state index in [4.69, 9.17) is 4.74 Å². The van der Waals surface area contributed by atoms with E-state index in [1.807, 2.05) is 12.5 Å². The second-order valence-electron chi connectivity index (χ2n) is 5.96. The molecule has 3 rings (SSSR count). The summed E-state index contributed by atoms with van der Waals surface area (Å²) in [6, 6.07) is 10.7. The van der Waals surface area contributed by atoms with E-state index < -0.39 is 0 Å². The molecule has 0 aliphatic carbocycles. The van der Waals surface area contributed by atoms with Crippen molar-refractivity contribution in [2.24, 2.45) is 0 Å². The van der Waals surface area contributed by atoms with E-state index in [0.29, 0.717) is 6.10 Å². The Morgan fingerprint density at radius 2 is 2.14 bits per heavy atom. The summed E-state index contributed by atoms with van der Waals surface area (Å²) < 4.78 is 8.05.